The third-order valence-electron chi connectivity index (χ3n) is 5.91. The molecule has 144 valence electrons. The molecule has 2 aliphatic rings. The zero-order chi connectivity index (χ0) is 19.2. The standard InChI is InChI=1S/C20H28N6O/c1-5-26-16(11-14(2)23-26)18(27)25-10-6-8-20(13-25)9-7-15-12-21-19(24(3)4)22-17(15)20/h11-12H,5-10,13H2,1-4H3. The number of hydrogen-bond acceptors (Lipinski definition) is 5. The molecule has 0 N–H and O–H groups in total. The van der Waals surface area contributed by atoms with Gasteiger partial charge in [0.05, 0.1) is 11.4 Å². The number of piperidine rings is 1. The van der Waals surface area contributed by atoms with Gasteiger partial charge in [-0.05, 0) is 51.2 Å². The van der Waals surface area contributed by atoms with Crippen molar-refractivity contribution in [1.82, 2.24) is 24.6 Å². The molecule has 7 nitrogen and oxygen atoms in total. The van der Waals surface area contributed by atoms with Gasteiger partial charge in [0.1, 0.15) is 5.69 Å². The maximum atomic E-state index is 13.2. The molecule has 3 heterocycles. The normalized spacial score (nSPS) is 21.6. The van der Waals surface area contributed by atoms with Gasteiger partial charge >= 0.3 is 0 Å². The summed E-state index contributed by atoms with van der Waals surface area (Å²) in [4.78, 5) is 26.6. The lowest BCUT2D eigenvalue weighted by atomic mass is 9.77. The number of carbonyl (C=O) groups excluding carboxylic acids is 1. The molecular weight excluding hydrogens is 340 g/mol. The Morgan fingerprint density at radius 2 is 2.15 bits per heavy atom. The monoisotopic (exact) mass is 368 g/mol. The molecule has 0 bridgehead atoms. The highest BCUT2D eigenvalue weighted by molar-refractivity contribution is 5.93. The molecular formula is C20H28N6O. The summed E-state index contributed by atoms with van der Waals surface area (Å²) in [5.41, 5.74) is 3.94. The van der Waals surface area contributed by atoms with Gasteiger partial charge in [-0.1, -0.05) is 0 Å². The highest BCUT2D eigenvalue weighted by atomic mass is 16.2. The minimum absolute atomic E-state index is 0.0386. The van der Waals surface area contributed by atoms with Crippen molar-refractivity contribution in [3.63, 3.8) is 0 Å². The van der Waals surface area contributed by atoms with E-state index in [9.17, 15) is 4.79 Å². The molecule has 1 atom stereocenters. The van der Waals surface area contributed by atoms with Gasteiger partial charge in [0, 0.05) is 45.3 Å². The van der Waals surface area contributed by atoms with Crippen molar-refractivity contribution >= 4 is 11.9 Å². The largest absolute Gasteiger partial charge is 0.347 e. The Morgan fingerprint density at radius 3 is 2.89 bits per heavy atom. The average molecular weight is 368 g/mol. The molecule has 1 amide bonds. The van der Waals surface area contributed by atoms with E-state index in [2.05, 4.69) is 10.1 Å². The molecule has 1 spiro atoms. The quantitative estimate of drug-likeness (QED) is 0.831. The fourth-order valence-corrected chi connectivity index (χ4v) is 4.57. The van der Waals surface area contributed by atoms with Crippen molar-refractivity contribution < 1.29 is 4.79 Å². The van der Waals surface area contributed by atoms with Gasteiger partial charge in [0.2, 0.25) is 5.95 Å². The minimum atomic E-state index is -0.0386. The Bertz CT molecular complexity index is 869. The fourth-order valence-electron chi connectivity index (χ4n) is 4.57. The summed E-state index contributed by atoms with van der Waals surface area (Å²) in [7, 11) is 3.93. The van der Waals surface area contributed by atoms with Crippen molar-refractivity contribution in [2.45, 2.75) is 51.5 Å². The number of amides is 1. The van der Waals surface area contributed by atoms with Gasteiger partial charge in [-0.15, -0.1) is 0 Å². The molecule has 0 radical (unpaired) electrons. The van der Waals surface area contributed by atoms with Crippen molar-refractivity contribution in [2.75, 3.05) is 32.1 Å². The van der Waals surface area contributed by atoms with Gasteiger partial charge in [-0.25, -0.2) is 9.97 Å². The smallest absolute Gasteiger partial charge is 0.272 e. The zero-order valence-corrected chi connectivity index (χ0v) is 16.7. The Labute approximate surface area is 160 Å². The second kappa shape index (κ2) is 6.62. The number of aromatic nitrogens is 4. The maximum absolute atomic E-state index is 13.2. The number of anilines is 1. The van der Waals surface area contributed by atoms with Gasteiger partial charge in [-0.3, -0.25) is 9.48 Å². The average Bonchev–Trinajstić information content (AvgIpc) is 3.21. The molecule has 2 aromatic heterocycles. The van der Waals surface area contributed by atoms with E-state index in [0.717, 1.165) is 56.1 Å². The van der Waals surface area contributed by atoms with E-state index in [4.69, 9.17) is 4.98 Å². The Kier molecular flexibility index (Phi) is 4.40. The number of rotatable bonds is 3. The van der Waals surface area contributed by atoms with Crippen LogP contribution in [0.1, 0.15) is 53.6 Å². The highest BCUT2D eigenvalue weighted by Crippen LogP contribution is 2.44. The van der Waals surface area contributed by atoms with Crippen LogP contribution in [0, 0.1) is 6.92 Å². The van der Waals surface area contributed by atoms with Crippen LogP contribution in [0.5, 0.6) is 0 Å². The third kappa shape index (κ3) is 2.99. The van der Waals surface area contributed by atoms with Crippen LogP contribution in [0.25, 0.3) is 0 Å². The second-order valence-corrected chi connectivity index (χ2v) is 8.04. The van der Waals surface area contributed by atoms with Crippen LogP contribution < -0.4 is 4.90 Å². The molecule has 1 saturated heterocycles. The summed E-state index contributed by atoms with van der Waals surface area (Å²) in [5, 5.41) is 4.44. The first-order chi connectivity index (χ1) is 12.9. The van der Waals surface area contributed by atoms with Crippen LogP contribution in [-0.2, 0) is 18.4 Å². The fraction of sp³-hybridized carbons (Fsp3) is 0.600. The number of carbonyl (C=O) groups is 1. The van der Waals surface area contributed by atoms with E-state index >= 15 is 0 Å². The van der Waals surface area contributed by atoms with Crippen LogP contribution >= 0.6 is 0 Å². The highest BCUT2D eigenvalue weighted by Gasteiger charge is 2.45. The van der Waals surface area contributed by atoms with E-state index < -0.39 is 0 Å². The van der Waals surface area contributed by atoms with Crippen LogP contribution in [0.3, 0.4) is 0 Å². The lowest BCUT2D eigenvalue weighted by Gasteiger charge is -2.40. The van der Waals surface area contributed by atoms with Crippen molar-refractivity contribution in [2.24, 2.45) is 0 Å². The predicted octanol–water partition coefficient (Wildman–Crippen LogP) is 2.19. The lowest BCUT2D eigenvalue weighted by molar-refractivity contribution is 0.0621. The summed E-state index contributed by atoms with van der Waals surface area (Å²) in [6.45, 7) is 6.20. The Hall–Kier alpha value is -2.44. The Morgan fingerprint density at radius 1 is 1.33 bits per heavy atom. The summed E-state index contributed by atoms with van der Waals surface area (Å²) in [5.74, 6) is 0.838. The molecule has 7 heteroatoms. The molecule has 2 aromatic rings. The third-order valence-corrected chi connectivity index (χ3v) is 5.91. The predicted molar refractivity (Wildman–Crippen MR) is 104 cm³/mol. The molecule has 0 aromatic carbocycles. The summed E-state index contributed by atoms with van der Waals surface area (Å²) >= 11 is 0. The first-order valence-corrected chi connectivity index (χ1v) is 9.81. The molecule has 0 saturated carbocycles. The summed E-state index contributed by atoms with van der Waals surface area (Å²) in [6, 6.07) is 1.90. The first-order valence-electron chi connectivity index (χ1n) is 9.81. The number of likely N-dealkylation sites (tertiary alicyclic amines) is 1. The van der Waals surface area contributed by atoms with E-state index in [1.54, 1.807) is 0 Å². The molecule has 4 rings (SSSR count). The van der Waals surface area contributed by atoms with Crippen molar-refractivity contribution in [1.29, 1.82) is 0 Å². The zero-order valence-electron chi connectivity index (χ0n) is 16.7. The van der Waals surface area contributed by atoms with E-state index in [1.165, 1.54) is 5.56 Å². The van der Waals surface area contributed by atoms with Crippen LogP contribution in [-0.4, -0.2) is 57.7 Å². The van der Waals surface area contributed by atoms with Gasteiger partial charge < -0.3 is 9.80 Å². The Balaban J connectivity index is 1.65. The first kappa shape index (κ1) is 17.9. The molecule has 27 heavy (non-hydrogen) atoms. The molecule has 1 aliphatic heterocycles. The second-order valence-electron chi connectivity index (χ2n) is 8.04. The lowest BCUT2D eigenvalue weighted by Crippen LogP contribution is -2.48. The maximum Gasteiger partial charge on any atom is 0.272 e. The van der Waals surface area contributed by atoms with Crippen molar-refractivity contribution in [3.05, 3.63) is 34.9 Å². The number of nitrogens with zero attached hydrogens (tertiary/aromatic N) is 6. The molecule has 1 fully saturated rings. The van der Waals surface area contributed by atoms with E-state index in [1.807, 2.05) is 54.7 Å². The summed E-state index contributed by atoms with van der Waals surface area (Å²) in [6.07, 6.45) is 6.11. The van der Waals surface area contributed by atoms with Gasteiger partial charge in [-0.2, -0.15) is 5.10 Å². The minimum Gasteiger partial charge on any atom is -0.347 e. The van der Waals surface area contributed by atoms with Crippen molar-refractivity contribution in [3.8, 4) is 0 Å². The topological polar surface area (TPSA) is 67.2 Å². The number of hydrogen-bond donors (Lipinski definition) is 0. The van der Waals surface area contributed by atoms with Gasteiger partial charge in [0.15, 0.2) is 0 Å². The summed E-state index contributed by atoms with van der Waals surface area (Å²) < 4.78 is 1.81. The number of fused-ring (bicyclic) bond motifs is 2. The van der Waals surface area contributed by atoms with Crippen LogP contribution in [0.2, 0.25) is 0 Å². The molecule has 1 aliphatic carbocycles. The van der Waals surface area contributed by atoms with Gasteiger partial charge in [0.25, 0.3) is 5.91 Å². The van der Waals surface area contributed by atoms with Crippen LogP contribution in [0.4, 0.5) is 5.95 Å². The van der Waals surface area contributed by atoms with E-state index in [-0.39, 0.29) is 11.3 Å². The van der Waals surface area contributed by atoms with E-state index in [0.29, 0.717) is 12.2 Å². The number of aryl methyl sites for hydroxylation is 3. The van der Waals surface area contributed by atoms with Crippen LogP contribution in [0.15, 0.2) is 12.3 Å². The molecule has 1 unspecified atom stereocenters. The SMILES string of the molecule is CCn1nc(C)cc1C(=O)N1CCCC2(CCc3cnc(N(C)C)nc32)C1.